The number of H-pyrrole nitrogens is 1. The number of hydrogen-bond acceptors (Lipinski definition) is 22. The van der Waals surface area contributed by atoms with Crippen LogP contribution in [-0.2, 0) is 78.1 Å². The predicted octanol–water partition coefficient (Wildman–Crippen LogP) is 3.16. The van der Waals surface area contributed by atoms with Gasteiger partial charge in [-0.15, -0.1) is 5.10 Å². The van der Waals surface area contributed by atoms with Crippen molar-refractivity contribution >= 4 is 93.5 Å². The molecule has 3 aliphatic heterocycles. The van der Waals surface area contributed by atoms with E-state index in [9.17, 15) is 43.2 Å². The van der Waals surface area contributed by atoms with Crippen molar-refractivity contribution in [2.45, 2.75) is 70.4 Å². The van der Waals surface area contributed by atoms with Crippen LogP contribution in [-0.4, -0.2) is 261 Å². The van der Waals surface area contributed by atoms with E-state index in [2.05, 4.69) is 106 Å². The smallest absolute Gasteiger partial charge is 0.291 e. The molecular weight excluding hydrogens is 1590 g/mol. The van der Waals surface area contributed by atoms with E-state index in [0.717, 1.165) is 92.6 Å². The number of hydrogen-bond donors (Lipinski definition) is 10. The molecule has 0 unspecified atom stereocenters. The molecule has 0 aliphatic carbocycles. The van der Waals surface area contributed by atoms with Gasteiger partial charge in [0.25, 0.3) is 41.2 Å². The number of carbonyl (C=O) groups is 9. The number of rotatable bonds is 42. The average molecular weight is 1700 g/mol. The Morgan fingerprint density at radius 1 is 0.549 bits per heavy atom. The topological polar surface area (TPSA) is 432 Å². The average Bonchev–Trinajstić information content (AvgIpc) is 1.60. The summed E-state index contributed by atoms with van der Waals surface area (Å²) in [6.45, 7) is 11.4. The second kappa shape index (κ2) is 45.3. The van der Waals surface area contributed by atoms with Crippen LogP contribution in [0, 0.1) is 36.5 Å². The second-order valence-corrected chi connectivity index (χ2v) is 29.7. The largest absolute Gasteiger partial charge is 0.497 e. The third kappa shape index (κ3) is 26.6. The van der Waals surface area contributed by atoms with E-state index in [-0.39, 0.29) is 123 Å². The maximum absolute atomic E-state index is 13.8. The molecule has 8 aromatic rings. The van der Waals surface area contributed by atoms with Gasteiger partial charge < -0.3 is 104 Å². The van der Waals surface area contributed by atoms with Gasteiger partial charge in [-0.3, -0.25) is 53.0 Å². The number of aliphatic imine (C=N–C) groups is 1. The summed E-state index contributed by atoms with van der Waals surface area (Å²) in [7, 11) is 9.69. The molecule has 38 nitrogen and oxygen atoms in total. The number of nitrogens with zero attached hydrogens (tertiary/aromatic N) is 13. The monoisotopic (exact) mass is 1700 g/mol. The first-order valence-corrected chi connectivity index (χ1v) is 40.7. The van der Waals surface area contributed by atoms with Gasteiger partial charge in [-0.1, -0.05) is 35.6 Å². The summed E-state index contributed by atoms with van der Waals surface area (Å²) in [5, 5.41) is 33.0. The first-order valence-electron chi connectivity index (χ1n) is 40.3. The summed E-state index contributed by atoms with van der Waals surface area (Å²) in [5.74, 6) is 11.6. The Bertz CT molecular complexity index is 5140. The number of carbonyl (C=O) groups excluding carboxylic acids is 9. The second-order valence-electron chi connectivity index (χ2n) is 29.3. The number of amides is 9. The van der Waals surface area contributed by atoms with Crippen LogP contribution in [0.25, 0.3) is 5.69 Å². The minimum atomic E-state index is -0.638. The number of aromatic amines is 1. The van der Waals surface area contributed by atoms with Crippen LogP contribution in [0.5, 0.6) is 5.75 Å². The van der Waals surface area contributed by atoms with E-state index < -0.39 is 47.4 Å². The SMILES string of the molecule is COc1ccc2c(c1)C(c1ccc(Cl)cc1)=N[C@@H](CC(=O)NC1CCN(CC#CC#CC3CCN(CCOCCOCCOCCOCCOCCNC(=O)CCNC(=O)c4nc(NC(=O)CCNC(=O)c5cc(NC(=O)c6nc(NC(=O)CCNC(=O)c7cc(NC(=O)c8nccn8C)cn7C)cn6C)cn5C)cn4C)CC3)CC1)c1[nH]nc(C)[n+]1-2. The highest BCUT2D eigenvalue weighted by atomic mass is 35.5. The van der Waals surface area contributed by atoms with Crippen LogP contribution >= 0.6 is 11.6 Å². The fourth-order valence-corrected chi connectivity index (χ4v) is 13.9. The molecule has 10 N–H and O–H groups in total. The summed E-state index contributed by atoms with van der Waals surface area (Å²) >= 11 is 6.28. The van der Waals surface area contributed by atoms with Crippen molar-refractivity contribution in [3.05, 3.63) is 148 Å². The van der Waals surface area contributed by atoms with Gasteiger partial charge >= 0.3 is 0 Å². The molecule has 648 valence electrons. The minimum absolute atomic E-state index is 0.000114. The van der Waals surface area contributed by atoms with Gasteiger partial charge in [0.05, 0.1) is 103 Å². The molecule has 2 aromatic carbocycles. The van der Waals surface area contributed by atoms with Crippen molar-refractivity contribution in [1.82, 2.24) is 84.4 Å². The lowest BCUT2D eigenvalue weighted by atomic mass is 9.97. The number of likely N-dealkylation sites (tertiary alicyclic amines) is 2. The molecule has 0 bridgehead atoms. The third-order valence-electron chi connectivity index (χ3n) is 20.2. The van der Waals surface area contributed by atoms with Crippen LogP contribution in [0.4, 0.5) is 23.0 Å². The van der Waals surface area contributed by atoms with Gasteiger partial charge in [-0.25, -0.2) is 15.0 Å². The van der Waals surface area contributed by atoms with Crippen LogP contribution < -0.4 is 57.2 Å². The Hall–Kier alpha value is -12.4. The molecule has 9 amide bonds. The van der Waals surface area contributed by atoms with Crippen LogP contribution in [0.3, 0.4) is 0 Å². The molecule has 39 heteroatoms. The number of anilines is 4. The number of aromatic nitrogens is 11. The zero-order valence-corrected chi connectivity index (χ0v) is 70.3. The van der Waals surface area contributed by atoms with Gasteiger partial charge in [0.1, 0.15) is 28.9 Å². The summed E-state index contributed by atoms with van der Waals surface area (Å²) in [6, 6.07) is 15.9. The highest BCUT2D eigenvalue weighted by molar-refractivity contribution is 6.30. The maximum atomic E-state index is 13.8. The Balaban J connectivity index is 0.449. The van der Waals surface area contributed by atoms with Gasteiger partial charge in [0, 0.05) is 178 Å². The molecule has 11 rings (SSSR count). The number of imidazole rings is 3. The van der Waals surface area contributed by atoms with E-state index >= 15 is 0 Å². The molecule has 1 atom stereocenters. The maximum Gasteiger partial charge on any atom is 0.291 e. The number of halogens is 1. The van der Waals surface area contributed by atoms with Gasteiger partial charge in [0.2, 0.25) is 35.3 Å². The molecule has 0 radical (unpaired) electrons. The zero-order valence-electron chi connectivity index (χ0n) is 69.5. The lowest BCUT2D eigenvalue weighted by molar-refractivity contribution is -0.612. The van der Waals surface area contributed by atoms with E-state index in [4.69, 9.17) is 45.0 Å². The van der Waals surface area contributed by atoms with Crippen molar-refractivity contribution < 1.29 is 76.1 Å². The number of benzene rings is 2. The predicted molar refractivity (Wildman–Crippen MR) is 450 cm³/mol. The van der Waals surface area contributed by atoms with E-state index in [1.165, 1.54) is 55.2 Å². The van der Waals surface area contributed by atoms with Crippen LogP contribution in [0.15, 0.2) is 96.8 Å². The van der Waals surface area contributed by atoms with E-state index in [0.29, 0.717) is 88.4 Å². The molecule has 6 aromatic heterocycles. The highest BCUT2D eigenvalue weighted by Crippen LogP contribution is 2.31. The molecule has 122 heavy (non-hydrogen) atoms. The Labute approximate surface area is 710 Å². The normalized spacial score (nSPS) is 14.1. The fraction of sp³-hybridized carbons (Fsp3) is 0.458. The summed E-state index contributed by atoms with van der Waals surface area (Å²) in [4.78, 5) is 139. The number of nitrogens with one attached hydrogen (secondary N) is 10. The van der Waals surface area contributed by atoms with Crippen molar-refractivity contribution in [2.24, 2.45) is 46.1 Å². The fourth-order valence-electron chi connectivity index (χ4n) is 13.8. The van der Waals surface area contributed by atoms with Crippen molar-refractivity contribution in [2.75, 3.05) is 160 Å². The molecular formula is C83H105ClN23O15+. The van der Waals surface area contributed by atoms with Gasteiger partial charge in [-0.05, 0) is 93.1 Å². The summed E-state index contributed by atoms with van der Waals surface area (Å²) in [6.07, 6.45) is 12.6. The van der Waals surface area contributed by atoms with Crippen molar-refractivity contribution in [3.63, 3.8) is 0 Å². The number of ether oxygens (including phenoxy) is 6. The molecule has 2 saturated heterocycles. The first-order chi connectivity index (χ1) is 59.0. The Morgan fingerprint density at radius 3 is 1.66 bits per heavy atom. The molecule has 9 heterocycles. The lowest BCUT2D eigenvalue weighted by Gasteiger charge is -2.31. The highest BCUT2D eigenvalue weighted by Gasteiger charge is 2.36. The summed E-state index contributed by atoms with van der Waals surface area (Å²) in [5.41, 5.74) is 4.43. The number of aryl methyl sites for hydroxylation is 6. The quantitative estimate of drug-likeness (QED) is 0.0149. The van der Waals surface area contributed by atoms with E-state index in [1.54, 1.807) is 59.3 Å². The van der Waals surface area contributed by atoms with Crippen molar-refractivity contribution in [3.8, 4) is 35.1 Å². The number of fused-ring (bicyclic) bond motifs is 3. The molecule has 2 fully saturated rings. The van der Waals surface area contributed by atoms with E-state index in [1.807, 2.05) is 54.0 Å². The Morgan fingerprint density at radius 2 is 1.09 bits per heavy atom. The van der Waals surface area contributed by atoms with Crippen LogP contribution in [0.2, 0.25) is 5.02 Å². The van der Waals surface area contributed by atoms with Crippen LogP contribution in [0.1, 0.15) is 133 Å². The van der Waals surface area contributed by atoms with Gasteiger partial charge in [-0.2, -0.15) is 4.57 Å². The molecule has 3 aliphatic rings. The first kappa shape index (κ1) is 90.4. The van der Waals surface area contributed by atoms with Crippen molar-refractivity contribution in [1.29, 1.82) is 0 Å². The third-order valence-corrected chi connectivity index (χ3v) is 20.4. The minimum Gasteiger partial charge on any atom is -0.497 e. The number of piperidine rings is 2. The zero-order chi connectivity index (χ0) is 86.4. The summed E-state index contributed by atoms with van der Waals surface area (Å²) < 4.78 is 43.3. The number of methoxy groups -OCH3 is 1. The standard InChI is InChI=1S/C83H104ClN23O15/c1-55-98-99-75-64(93-74(57-12-14-58(84)15-13-57)63-49-62(117-7)16-17-65(63)107(55)75)50-73(111)90-59-23-33-105(34-24-59)30-10-8-9-11-56-21-31-106(32-22-56)36-38-119-40-42-121-44-46-122-45-43-120-41-39-118-37-29-85-70(108)18-25-89-81(114)77-96-68(53-103(77)5)94-71(109)19-26-88-80(113)67-48-61(52-102(67)4)92-83(116)78-97-69(54-104(78)6)95-72(110)20-27-87-79(112)66-47-60(51-101(66)3)91-82(115)76-86-28-35-100(76)2/h12-17,28,35,47-49,51-54,56,59,64H,18-27,29-34,36-46,50H2,1-7H3,(H9,85,87,88,89,90,91,92,94,95,108,109,110,111,112,113,114,115,116)/p+1/t64-/m0/s1. The lowest BCUT2D eigenvalue weighted by Crippen LogP contribution is -2.45. The Kier molecular flexibility index (Phi) is 33.6. The molecule has 0 spiro atoms. The molecule has 0 saturated carbocycles. The van der Waals surface area contributed by atoms with Gasteiger partial charge in [0.15, 0.2) is 17.5 Å².